The molecule has 2 rings (SSSR count). The van der Waals surface area contributed by atoms with Crippen LogP contribution in [0.15, 0.2) is 59.1 Å². The third-order valence-electron chi connectivity index (χ3n) is 3.61. The van der Waals surface area contributed by atoms with Gasteiger partial charge in [0.1, 0.15) is 0 Å². The number of amides is 1. The minimum atomic E-state index is -0.00366. The van der Waals surface area contributed by atoms with Crippen molar-refractivity contribution in [3.8, 4) is 0 Å². The molecule has 0 aliphatic heterocycles. The lowest BCUT2D eigenvalue weighted by molar-refractivity contribution is -0.122. The fourth-order valence-corrected chi connectivity index (χ4v) is 3.01. The molecule has 0 heterocycles. The van der Waals surface area contributed by atoms with Crippen molar-refractivity contribution in [3.63, 3.8) is 0 Å². The molecule has 1 amide bonds. The maximum absolute atomic E-state index is 12.2. The fraction of sp³-hybridized carbons (Fsp3) is 0.278. The third-order valence-corrected chi connectivity index (χ3v) is 4.33. The van der Waals surface area contributed by atoms with Crippen molar-refractivity contribution in [2.24, 2.45) is 0 Å². The maximum atomic E-state index is 12.2. The summed E-state index contributed by atoms with van der Waals surface area (Å²) >= 11 is 3.52. The van der Waals surface area contributed by atoms with Crippen molar-refractivity contribution in [2.75, 3.05) is 0 Å². The summed E-state index contributed by atoms with van der Waals surface area (Å²) < 4.78 is 1.02. The van der Waals surface area contributed by atoms with Crippen molar-refractivity contribution in [2.45, 2.75) is 32.2 Å². The predicted molar refractivity (Wildman–Crippen MR) is 90.2 cm³/mol. The van der Waals surface area contributed by atoms with E-state index in [1.807, 2.05) is 49.4 Å². The molecule has 0 bridgehead atoms. The highest BCUT2D eigenvalue weighted by atomic mass is 79.9. The second kappa shape index (κ2) is 7.41. The van der Waals surface area contributed by atoms with Gasteiger partial charge in [-0.1, -0.05) is 71.4 Å². The van der Waals surface area contributed by atoms with E-state index in [0.717, 1.165) is 10.0 Å². The molecule has 0 saturated carbocycles. The van der Waals surface area contributed by atoms with Crippen molar-refractivity contribution in [1.29, 1.82) is 0 Å². The number of hydrogen-bond donors (Lipinski definition) is 1. The Hall–Kier alpha value is -1.61. The van der Waals surface area contributed by atoms with Crippen LogP contribution in [0.5, 0.6) is 0 Å². The molecule has 0 aliphatic rings. The first-order valence-corrected chi connectivity index (χ1v) is 7.96. The summed E-state index contributed by atoms with van der Waals surface area (Å²) in [5.74, 6) is 0.298. The molecule has 2 atom stereocenters. The molecule has 2 aromatic carbocycles. The van der Waals surface area contributed by atoms with Gasteiger partial charge in [0.2, 0.25) is 5.91 Å². The van der Waals surface area contributed by atoms with Gasteiger partial charge < -0.3 is 5.32 Å². The largest absolute Gasteiger partial charge is 0.350 e. The van der Waals surface area contributed by atoms with E-state index in [1.54, 1.807) is 0 Å². The average molecular weight is 346 g/mol. The Kier molecular flexibility index (Phi) is 5.57. The number of benzene rings is 2. The molecule has 0 aromatic heterocycles. The van der Waals surface area contributed by atoms with Crippen molar-refractivity contribution < 1.29 is 4.79 Å². The summed E-state index contributed by atoms with van der Waals surface area (Å²) in [4.78, 5) is 12.2. The minimum Gasteiger partial charge on any atom is -0.350 e. The van der Waals surface area contributed by atoms with Crippen LogP contribution in [0, 0.1) is 0 Å². The summed E-state index contributed by atoms with van der Waals surface area (Å²) in [5, 5.41) is 3.07. The van der Waals surface area contributed by atoms with E-state index >= 15 is 0 Å². The van der Waals surface area contributed by atoms with Crippen LogP contribution in [0.1, 0.15) is 43.4 Å². The van der Waals surface area contributed by atoms with Crippen molar-refractivity contribution in [3.05, 3.63) is 70.2 Å². The normalized spacial score (nSPS) is 13.5. The number of hydrogen-bond acceptors (Lipinski definition) is 1. The lowest BCUT2D eigenvalue weighted by Gasteiger charge is -2.18. The third kappa shape index (κ3) is 4.43. The lowest BCUT2D eigenvalue weighted by atomic mass is 9.97. The first kappa shape index (κ1) is 15.8. The molecule has 2 aromatic rings. The fourth-order valence-electron chi connectivity index (χ4n) is 2.38. The lowest BCUT2D eigenvalue weighted by Crippen LogP contribution is -2.27. The predicted octanol–water partition coefficient (Wildman–Crippen LogP) is 4.82. The second-order valence-corrected chi connectivity index (χ2v) is 6.18. The Labute approximate surface area is 134 Å². The van der Waals surface area contributed by atoms with Gasteiger partial charge in [0, 0.05) is 10.9 Å². The van der Waals surface area contributed by atoms with E-state index < -0.39 is 0 Å². The van der Waals surface area contributed by atoms with Gasteiger partial charge in [-0.2, -0.15) is 0 Å². The second-order valence-electron chi connectivity index (χ2n) is 5.33. The van der Waals surface area contributed by atoms with Gasteiger partial charge in [-0.3, -0.25) is 4.79 Å². The summed E-state index contributed by atoms with van der Waals surface area (Å²) in [7, 11) is 0. The van der Waals surface area contributed by atoms with Crippen LogP contribution in [0.4, 0.5) is 0 Å². The van der Waals surface area contributed by atoms with Crippen LogP contribution in [0.3, 0.4) is 0 Å². The van der Waals surface area contributed by atoms with E-state index in [4.69, 9.17) is 0 Å². The molecule has 0 aliphatic carbocycles. The number of rotatable bonds is 5. The van der Waals surface area contributed by atoms with Gasteiger partial charge in [0.25, 0.3) is 0 Å². The van der Waals surface area contributed by atoms with E-state index in [0.29, 0.717) is 6.42 Å². The molecular formula is C18H20BrNO. The Morgan fingerprint density at radius 1 is 1.05 bits per heavy atom. The summed E-state index contributed by atoms with van der Waals surface area (Å²) in [6.07, 6.45) is 0.499. The SMILES string of the molecule is CC(CC(=O)NC(C)c1ccccc1Br)c1ccccc1. The van der Waals surface area contributed by atoms with E-state index in [9.17, 15) is 4.79 Å². The quantitative estimate of drug-likeness (QED) is 0.826. The summed E-state index contributed by atoms with van der Waals surface area (Å²) in [5.41, 5.74) is 2.29. The Morgan fingerprint density at radius 3 is 2.33 bits per heavy atom. The van der Waals surface area contributed by atoms with Gasteiger partial charge in [0.15, 0.2) is 0 Å². The van der Waals surface area contributed by atoms with Crippen LogP contribution in [0.2, 0.25) is 0 Å². The molecule has 0 spiro atoms. The maximum Gasteiger partial charge on any atom is 0.221 e. The summed E-state index contributed by atoms with van der Waals surface area (Å²) in [6.45, 7) is 4.09. The van der Waals surface area contributed by atoms with Crippen LogP contribution in [0.25, 0.3) is 0 Å². The number of nitrogens with one attached hydrogen (secondary N) is 1. The topological polar surface area (TPSA) is 29.1 Å². The van der Waals surface area contributed by atoms with Gasteiger partial charge in [0.05, 0.1) is 6.04 Å². The molecule has 21 heavy (non-hydrogen) atoms. The van der Waals surface area contributed by atoms with Gasteiger partial charge >= 0.3 is 0 Å². The van der Waals surface area contributed by atoms with Crippen LogP contribution in [-0.2, 0) is 4.79 Å². The average Bonchev–Trinajstić information content (AvgIpc) is 2.48. The van der Waals surface area contributed by atoms with Gasteiger partial charge in [-0.15, -0.1) is 0 Å². The molecule has 2 unspecified atom stereocenters. The molecule has 1 N–H and O–H groups in total. The Balaban J connectivity index is 1.94. The summed E-state index contributed by atoms with van der Waals surface area (Å²) in [6, 6.07) is 18.1. The Bertz CT molecular complexity index is 597. The minimum absolute atomic E-state index is 0.00366. The first-order valence-electron chi connectivity index (χ1n) is 7.16. The number of carbonyl (C=O) groups is 1. The number of halogens is 1. The standard InChI is InChI=1S/C18H20BrNO/c1-13(15-8-4-3-5-9-15)12-18(21)20-14(2)16-10-6-7-11-17(16)19/h3-11,13-14H,12H2,1-2H3,(H,20,21). The van der Waals surface area contributed by atoms with Gasteiger partial charge in [-0.25, -0.2) is 0 Å². The Morgan fingerprint density at radius 2 is 1.67 bits per heavy atom. The van der Waals surface area contributed by atoms with E-state index in [1.165, 1.54) is 5.56 Å². The van der Waals surface area contributed by atoms with E-state index in [2.05, 4.69) is 40.3 Å². The molecule has 0 radical (unpaired) electrons. The molecular weight excluding hydrogens is 326 g/mol. The van der Waals surface area contributed by atoms with Crippen molar-refractivity contribution in [1.82, 2.24) is 5.32 Å². The highest BCUT2D eigenvalue weighted by Gasteiger charge is 2.15. The molecule has 0 fully saturated rings. The first-order chi connectivity index (χ1) is 10.1. The number of carbonyl (C=O) groups excluding carboxylic acids is 1. The zero-order valence-electron chi connectivity index (χ0n) is 12.3. The van der Waals surface area contributed by atoms with Crippen molar-refractivity contribution >= 4 is 21.8 Å². The monoisotopic (exact) mass is 345 g/mol. The van der Waals surface area contributed by atoms with Crippen LogP contribution >= 0.6 is 15.9 Å². The van der Waals surface area contributed by atoms with E-state index in [-0.39, 0.29) is 17.9 Å². The molecule has 110 valence electrons. The molecule has 3 heteroatoms. The van der Waals surface area contributed by atoms with Crippen LogP contribution < -0.4 is 5.32 Å². The highest BCUT2D eigenvalue weighted by molar-refractivity contribution is 9.10. The van der Waals surface area contributed by atoms with Crippen LogP contribution in [-0.4, -0.2) is 5.91 Å². The van der Waals surface area contributed by atoms with Gasteiger partial charge in [-0.05, 0) is 30.0 Å². The zero-order chi connectivity index (χ0) is 15.2. The molecule has 0 saturated heterocycles. The molecule has 2 nitrogen and oxygen atoms in total. The smallest absolute Gasteiger partial charge is 0.221 e. The highest BCUT2D eigenvalue weighted by Crippen LogP contribution is 2.24. The zero-order valence-corrected chi connectivity index (χ0v) is 13.9.